The fourth-order valence-electron chi connectivity index (χ4n) is 1.28. The lowest BCUT2D eigenvalue weighted by molar-refractivity contribution is 0.584. The maximum Gasteiger partial charge on any atom is 0.254 e. The van der Waals surface area contributed by atoms with Crippen molar-refractivity contribution >= 4 is 9.84 Å². The van der Waals surface area contributed by atoms with Crippen LogP contribution in [0.1, 0.15) is 45.0 Å². The van der Waals surface area contributed by atoms with E-state index in [1.807, 2.05) is 13.8 Å². The molecule has 0 saturated carbocycles. The zero-order valence-corrected chi connectivity index (χ0v) is 11.3. The van der Waals surface area contributed by atoms with Crippen LogP contribution in [0.25, 0.3) is 0 Å². The number of rotatable bonds is 4. The predicted octanol–water partition coefficient (Wildman–Crippen LogP) is 1.22. The molecule has 0 atom stereocenters. The van der Waals surface area contributed by atoms with Crippen molar-refractivity contribution in [3.8, 4) is 0 Å². The van der Waals surface area contributed by atoms with Gasteiger partial charge < -0.3 is 4.98 Å². The molecule has 1 heterocycles. The van der Waals surface area contributed by atoms with E-state index in [0.29, 0.717) is 5.56 Å². The van der Waals surface area contributed by atoms with E-state index in [2.05, 4.69) is 9.97 Å². The number of hydrogen-bond acceptors (Lipinski definition) is 4. The molecule has 0 amide bonds. The summed E-state index contributed by atoms with van der Waals surface area (Å²) in [5.74, 6) is 0.0493. The number of aromatic nitrogens is 2. The standard InChI is InChI=1S/C11H18N2O3S/c1-7(2)9-5-12-10(13-11(9)14)6-17(15,16)8(3)4/h5,7-8H,6H2,1-4H3,(H,12,13,14). The van der Waals surface area contributed by atoms with Crippen LogP contribution in [0.15, 0.2) is 11.0 Å². The summed E-state index contributed by atoms with van der Waals surface area (Å²) in [4.78, 5) is 18.2. The van der Waals surface area contributed by atoms with Crippen LogP contribution < -0.4 is 5.56 Å². The topological polar surface area (TPSA) is 79.9 Å². The highest BCUT2D eigenvalue weighted by Gasteiger charge is 2.18. The van der Waals surface area contributed by atoms with E-state index in [0.717, 1.165) is 0 Å². The molecule has 0 unspecified atom stereocenters. The molecule has 0 fully saturated rings. The molecule has 0 aliphatic heterocycles. The number of sulfone groups is 1. The first-order valence-electron chi connectivity index (χ1n) is 5.53. The molecule has 0 radical (unpaired) electrons. The SMILES string of the molecule is CC(C)c1cnc(CS(=O)(=O)C(C)C)[nH]c1=O. The van der Waals surface area contributed by atoms with E-state index in [1.165, 1.54) is 6.20 Å². The number of aromatic amines is 1. The molecule has 0 saturated heterocycles. The smallest absolute Gasteiger partial charge is 0.254 e. The van der Waals surface area contributed by atoms with Gasteiger partial charge in [0.2, 0.25) is 0 Å². The zero-order valence-electron chi connectivity index (χ0n) is 10.5. The summed E-state index contributed by atoms with van der Waals surface area (Å²) in [7, 11) is -3.23. The maximum atomic E-state index is 11.7. The highest BCUT2D eigenvalue weighted by Crippen LogP contribution is 2.09. The summed E-state index contributed by atoms with van der Waals surface area (Å²) < 4.78 is 23.3. The molecule has 0 bridgehead atoms. The largest absolute Gasteiger partial charge is 0.309 e. The molecular formula is C11H18N2O3S. The summed E-state index contributed by atoms with van der Waals surface area (Å²) >= 11 is 0. The van der Waals surface area contributed by atoms with E-state index in [4.69, 9.17) is 0 Å². The third-order valence-corrected chi connectivity index (χ3v) is 4.67. The molecule has 1 aromatic rings. The monoisotopic (exact) mass is 258 g/mol. The average molecular weight is 258 g/mol. The predicted molar refractivity (Wildman–Crippen MR) is 66.7 cm³/mol. The van der Waals surface area contributed by atoms with Crippen molar-refractivity contribution < 1.29 is 8.42 Å². The maximum absolute atomic E-state index is 11.7. The second-order valence-electron chi connectivity index (χ2n) is 4.63. The normalized spacial score (nSPS) is 12.4. The molecule has 1 N–H and O–H groups in total. The highest BCUT2D eigenvalue weighted by molar-refractivity contribution is 7.91. The lowest BCUT2D eigenvalue weighted by Crippen LogP contribution is -2.22. The number of hydrogen-bond donors (Lipinski definition) is 1. The molecule has 1 rings (SSSR count). The summed E-state index contributed by atoms with van der Waals surface area (Å²) in [5.41, 5.74) is 0.305. The Labute approximate surface area is 101 Å². The van der Waals surface area contributed by atoms with Gasteiger partial charge in [-0.2, -0.15) is 0 Å². The van der Waals surface area contributed by atoms with Crippen molar-refractivity contribution in [2.24, 2.45) is 0 Å². The zero-order chi connectivity index (χ0) is 13.2. The van der Waals surface area contributed by atoms with Gasteiger partial charge in [-0.05, 0) is 19.8 Å². The van der Waals surface area contributed by atoms with Crippen LogP contribution in [0, 0.1) is 0 Å². The molecule has 5 nitrogen and oxygen atoms in total. The van der Waals surface area contributed by atoms with Gasteiger partial charge in [-0.15, -0.1) is 0 Å². The molecule has 96 valence electrons. The molecule has 0 spiro atoms. The van der Waals surface area contributed by atoms with Crippen LogP contribution in [0.4, 0.5) is 0 Å². The first-order valence-corrected chi connectivity index (χ1v) is 7.25. The molecule has 17 heavy (non-hydrogen) atoms. The minimum absolute atomic E-state index is 0.0713. The van der Waals surface area contributed by atoms with Crippen LogP contribution in [0.3, 0.4) is 0 Å². The molecule has 0 aromatic carbocycles. The van der Waals surface area contributed by atoms with Crippen LogP contribution >= 0.6 is 0 Å². The number of nitrogens with one attached hydrogen (secondary N) is 1. The van der Waals surface area contributed by atoms with Crippen LogP contribution in [0.5, 0.6) is 0 Å². The average Bonchev–Trinajstić information content (AvgIpc) is 2.15. The second kappa shape index (κ2) is 5.00. The minimum Gasteiger partial charge on any atom is -0.309 e. The van der Waals surface area contributed by atoms with Gasteiger partial charge in [-0.3, -0.25) is 4.79 Å². The Hall–Kier alpha value is -1.17. The number of H-pyrrole nitrogens is 1. The lowest BCUT2D eigenvalue weighted by atomic mass is 10.1. The summed E-state index contributed by atoms with van der Waals surface area (Å²) in [6.07, 6.45) is 1.45. The molecule has 0 aliphatic carbocycles. The molecule has 6 heteroatoms. The Morgan fingerprint density at radius 2 is 1.88 bits per heavy atom. The highest BCUT2D eigenvalue weighted by atomic mass is 32.2. The first kappa shape index (κ1) is 13.9. The van der Waals surface area contributed by atoms with Gasteiger partial charge in [-0.1, -0.05) is 13.8 Å². The fourth-order valence-corrected chi connectivity index (χ4v) is 2.14. The Kier molecular flexibility index (Phi) is 4.08. The molecule has 1 aromatic heterocycles. The quantitative estimate of drug-likeness (QED) is 0.880. The van der Waals surface area contributed by atoms with E-state index in [-0.39, 0.29) is 23.1 Å². The van der Waals surface area contributed by atoms with Crippen LogP contribution in [-0.4, -0.2) is 23.6 Å². The Bertz CT molecular complexity index is 544. The summed E-state index contributed by atoms with van der Waals surface area (Å²) in [6.45, 7) is 6.99. The van der Waals surface area contributed by atoms with Gasteiger partial charge in [0.05, 0.1) is 5.25 Å². The van der Waals surface area contributed by atoms with Gasteiger partial charge in [0.1, 0.15) is 11.6 Å². The number of nitrogens with zero attached hydrogens (tertiary/aromatic N) is 1. The third-order valence-electron chi connectivity index (χ3n) is 2.56. The van der Waals surface area contributed by atoms with Gasteiger partial charge in [0.15, 0.2) is 9.84 Å². The van der Waals surface area contributed by atoms with Crippen molar-refractivity contribution in [3.63, 3.8) is 0 Å². The fraction of sp³-hybridized carbons (Fsp3) is 0.636. The first-order chi connectivity index (χ1) is 7.74. The van der Waals surface area contributed by atoms with Crippen LogP contribution in [0.2, 0.25) is 0 Å². The van der Waals surface area contributed by atoms with E-state index in [1.54, 1.807) is 13.8 Å². The Morgan fingerprint density at radius 3 is 2.29 bits per heavy atom. The lowest BCUT2D eigenvalue weighted by Gasteiger charge is -2.08. The van der Waals surface area contributed by atoms with Gasteiger partial charge >= 0.3 is 0 Å². The van der Waals surface area contributed by atoms with Crippen LogP contribution in [-0.2, 0) is 15.6 Å². The van der Waals surface area contributed by atoms with Crippen molar-refractivity contribution in [3.05, 3.63) is 27.9 Å². The Morgan fingerprint density at radius 1 is 1.29 bits per heavy atom. The van der Waals surface area contributed by atoms with Gasteiger partial charge in [0.25, 0.3) is 5.56 Å². The van der Waals surface area contributed by atoms with Gasteiger partial charge in [0, 0.05) is 11.8 Å². The Balaban J connectivity index is 3.05. The van der Waals surface area contributed by atoms with E-state index < -0.39 is 15.1 Å². The van der Waals surface area contributed by atoms with E-state index >= 15 is 0 Å². The van der Waals surface area contributed by atoms with Crippen molar-refractivity contribution in [2.75, 3.05) is 0 Å². The van der Waals surface area contributed by atoms with Crippen molar-refractivity contribution in [2.45, 2.75) is 44.6 Å². The third kappa shape index (κ3) is 3.39. The van der Waals surface area contributed by atoms with E-state index in [9.17, 15) is 13.2 Å². The second-order valence-corrected chi connectivity index (χ2v) is 7.18. The summed E-state index contributed by atoms with van der Waals surface area (Å²) in [5, 5.41) is -0.474. The van der Waals surface area contributed by atoms with Gasteiger partial charge in [-0.25, -0.2) is 13.4 Å². The molecular weight excluding hydrogens is 240 g/mol. The van der Waals surface area contributed by atoms with Crippen molar-refractivity contribution in [1.29, 1.82) is 0 Å². The minimum atomic E-state index is -3.23. The van der Waals surface area contributed by atoms with Crippen molar-refractivity contribution in [1.82, 2.24) is 9.97 Å². The molecule has 0 aliphatic rings. The summed E-state index contributed by atoms with van der Waals surface area (Å²) in [6, 6.07) is 0.